The number of benzene rings is 2. The normalized spacial score (nSPS) is 14.8. The van der Waals surface area contributed by atoms with Gasteiger partial charge in [0, 0.05) is 13.1 Å². The van der Waals surface area contributed by atoms with Crippen molar-refractivity contribution in [3.8, 4) is 16.9 Å². The average molecular weight is 403 g/mol. The Balaban J connectivity index is 1.97. The van der Waals surface area contributed by atoms with Crippen molar-refractivity contribution in [2.45, 2.75) is 26.6 Å². The molecule has 0 saturated carbocycles. The van der Waals surface area contributed by atoms with E-state index < -0.39 is 22.9 Å². The lowest BCUT2D eigenvalue weighted by atomic mass is 10.00. The van der Waals surface area contributed by atoms with Gasteiger partial charge in [0.15, 0.2) is 0 Å². The Bertz CT molecular complexity index is 1100. The molecule has 7 heteroatoms. The fourth-order valence-corrected chi connectivity index (χ4v) is 3.71. The molecule has 1 aliphatic rings. The topological polar surface area (TPSA) is 42.7 Å². The van der Waals surface area contributed by atoms with Gasteiger partial charge in [-0.05, 0) is 23.6 Å². The molecule has 4 rings (SSSR count). The zero-order valence-corrected chi connectivity index (χ0v) is 16.0. The van der Waals surface area contributed by atoms with Crippen molar-refractivity contribution in [1.29, 1.82) is 0 Å². The molecule has 3 aromatic rings. The predicted molar refractivity (Wildman–Crippen MR) is 104 cm³/mol. The van der Waals surface area contributed by atoms with E-state index >= 15 is 0 Å². The number of rotatable bonds is 3. The van der Waals surface area contributed by atoms with Gasteiger partial charge in [-0.15, -0.1) is 0 Å². The Labute approximate surface area is 165 Å². The monoisotopic (exact) mass is 403 g/mol. The van der Waals surface area contributed by atoms with Crippen LogP contribution in [-0.4, -0.2) is 18.2 Å². The van der Waals surface area contributed by atoms with Crippen molar-refractivity contribution in [3.05, 3.63) is 64.0 Å². The lowest BCUT2D eigenvalue weighted by molar-refractivity contribution is -0.152. The van der Waals surface area contributed by atoms with Gasteiger partial charge in [-0.3, -0.25) is 9.69 Å². The first-order valence-corrected chi connectivity index (χ1v) is 9.36. The van der Waals surface area contributed by atoms with Crippen LogP contribution in [0.2, 0.25) is 0 Å². The van der Waals surface area contributed by atoms with Gasteiger partial charge in [-0.25, -0.2) is 0 Å². The summed E-state index contributed by atoms with van der Waals surface area (Å²) >= 11 is 0. The molecule has 0 radical (unpaired) electrons. The molecular formula is C22H20F3NO3. The lowest BCUT2D eigenvalue weighted by Crippen LogP contribution is -2.35. The van der Waals surface area contributed by atoms with Crippen LogP contribution in [0.4, 0.5) is 13.2 Å². The molecule has 2 heterocycles. The van der Waals surface area contributed by atoms with Crippen LogP contribution >= 0.6 is 0 Å². The van der Waals surface area contributed by atoms with Crippen molar-refractivity contribution in [3.63, 3.8) is 0 Å². The van der Waals surface area contributed by atoms with Gasteiger partial charge in [-0.1, -0.05) is 44.2 Å². The first-order valence-electron chi connectivity index (χ1n) is 9.36. The Morgan fingerprint density at radius 3 is 2.48 bits per heavy atom. The van der Waals surface area contributed by atoms with Gasteiger partial charge in [0.2, 0.25) is 11.2 Å². The molecule has 0 amide bonds. The van der Waals surface area contributed by atoms with Gasteiger partial charge in [-0.2, -0.15) is 13.2 Å². The molecule has 0 aliphatic carbocycles. The van der Waals surface area contributed by atoms with Gasteiger partial charge in [0.25, 0.3) is 0 Å². The van der Waals surface area contributed by atoms with Gasteiger partial charge < -0.3 is 9.15 Å². The van der Waals surface area contributed by atoms with Crippen LogP contribution in [0.25, 0.3) is 22.1 Å². The number of alkyl halides is 3. The van der Waals surface area contributed by atoms with E-state index in [4.69, 9.17) is 9.15 Å². The number of hydrogen-bond acceptors (Lipinski definition) is 4. The highest BCUT2D eigenvalue weighted by Gasteiger charge is 2.40. The third kappa shape index (κ3) is 3.62. The van der Waals surface area contributed by atoms with E-state index in [1.807, 2.05) is 18.7 Å². The minimum absolute atomic E-state index is 0.0621. The molecular weight excluding hydrogens is 383 g/mol. The third-order valence-corrected chi connectivity index (χ3v) is 4.85. The largest absolute Gasteiger partial charge is 0.478 e. The lowest BCUT2D eigenvalue weighted by Gasteiger charge is -2.30. The Morgan fingerprint density at radius 2 is 1.83 bits per heavy atom. The number of ether oxygens (including phenoxy) is 1. The molecule has 29 heavy (non-hydrogen) atoms. The zero-order valence-electron chi connectivity index (χ0n) is 16.0. The summed E-state index contributed by atoms with van der Waals surface area (Å²) in [7, 11) is 0. The van der Waals surface area contributed by atoms with Crippen LogP contribution in [-0.2, 0) is 12.7 Å². The van der Waals surface area contributed by atoms with E-state index in [1.54, 1.807) is 24.3 Å². The van der Waals surface area contributed by atoms with Crippen LogP contribution in [0.15, 0.2) is 51.7 Å². The number of fused-ring (bicyclic) bond motifs is 3. The summed E-state index contributed by atoms with van der Waals surface area (Å²) in [5.41, 5.74) is -0.592. The second-order valence-corrected chi connectivity index (χ2v) is 7.60. The summed E-state index contributed by atoms with van der Waals surface area (Å²) in [6, 6.07) is 10.9. The Kier molecular flexibility index (Phi) is 4.86. The molecule has 1 aromatic heterocycles. The van der Waals surface area contributed by atoms with Gasteiger partial charge >= 0.3 is 6.18 Å². The fraction of sp³-hybridized carbons (Fsp3) is 0.318. The summed E-state index contributed by atoms with van der Waals surface area (Å²) in [6.45, 7) is 5.51. The first-order chi connectivity index (χ1) is 13.8. The van der Waals surface area contributed by atoms with Crippen molar-refractivity contribution >= 4 is 11.0 Å². The summed E-state index contributed by atoms with van der Waals surface area (Å²) in [5, 5.41) is 0.116. The zero-order chi connectivity index (χ0) is 20.8. The standard InChI is InChI=1S/C22H20F3NO3/c1-13(2)10-26-11-16-17(28-12-26)9-8-15-19(27)18(14-6-4-3-5-7-14)21(22(23,24)25)29-20(15)16/h3-9,13H,10-12H2,1-2H3. The van der Waals surface area contributed by atoms with Crippen LogP contribution in [0.3, 0.4) is 0 Å². The van der Waals surface area contributed by atoms with Crippen LogP contribution in [0.5, 0.6) is 5.75 Å². The van der Waals surface area contributed by atoms with E-state index in [-0.39, 0.29) is 16.5 Å². The van der Waals surface area contributed by atoms with Crippen LogP contribution in [0.1, 0.15) is 25.2 Å². The minimum atomic E-state index is -4.81. The summed E-state index contributed by atoms with van der Waals surface area (Å²) < 4.78 is 52.7. The van der Waals surface area contributed by atoms with Crippen molar-refractivity contribution in [2.75, 3.05) is 13.3 Å². The van der Waals surface area contributed by atoms with Crippen LogP contribution in [0, 0.1) is 5.92 Å². The summed E-state index contributed by atoms with van der Waals surface area (Å²) in [6.07, 6.45) is -4.81. The fourth-order valence-electron chi connectivity index (χ4n) is 3.71. The molecule has 1 aliphatic heterocycles. The summed E-state index contributed by atoms with van der Waals surface area (Å²) in [5.74, 6) is -0.477. The van der Waals surface area contributed by atoms with E-state index in [1.165, 1.54) is 18.2 Å². The highest BCUT2D eigenvalue weighted by molar-refractivity contribution is 5.87. The molecule has 0 bridgehead atoms. The molecule has 4 nitrogen and oxygen atoms in total. The van der Waals surface area contributed by atoms with Crippen molar-refractivity contribution in [1.82, 2.24) is 4.90 Å². The second-order valence-electron chi connectivity index (χ2n) is 7.60. The van der Waals surface area contributed by atoms with Crippen molar-refractivity contribution in [2.24, 2.45) is 5.92 Å². The molecule has 0 N–H and O–H groups in total. The SMILES string of the molecule is CC(C)CN1COc2ccc3c(=O)c(-c4ccccc4)c(C(F)(F)F)oc3c2C1. The predicted octanol–water partition coefficient (Wildman–Crippen LogP) is 5.29. The highest BCUT2D eigenvalue weighted by atomic mass is 19.4. The van der Waals surface area contributed by atoms with Gasteiger partial charge in [0.1, 0.15) is 18.1 Å². The van der Waals surface area contributed by atoms with Gasteiger partial charge in [0.05, 0.1) is 16.5 Å². The minimum Gasteiger partial charge on any atom is -0.478 e. The average Bonchev–Trinajstić information content (AvgIpc) is 2.67. The highest BCUT2D eigenvalue weighted by Crippen LogP contribution is 2.40. The molecule has 0 atom stereocenters. The molecule has 0 fully saturated rings. The number of nitrogens with zero attached hydrogens (tertiary/aromatic N) is 1. The number of hydrogen-bond donors (Lipinski definition) is 0. The van der Waals surface area contributed by atoms with E-state index in [9.17, 15) is 18.0 Å². The molecule has 0 saturated heterocycles. The smallest absolute Gasteiger partial charge is 0.450 e. The maximum atomic E-state index is 13.8. The Morgan fingerprint density at radius 1 is 1.10 bits per heavy atom. The Hall–Kier alpha value is -2.80. The second kappa shape index (κ2) is 7.22. The van der Waals surface area contributed by atoms with E-state index in [0.29, 0.717) is 37.1 Å². The third-order valence-electron chi connectivity index (χ3n) is 4.85. The maximum absolute atomic E-state index is 13.8. The first kappa shape index (κ1) is 19.5. The van der Waals surface area contributed by atoms with E-state index in [0.717, 1.165) is 0 Å². The van der Waals surface area contributed by atoms with Crippen LogP contribution < -0.4 is 10.2 Å². The van der Waals surface area contributed by atoms with Crippen molar-refractivity contribution < 1.29 is 22.3 Å². The molecule has 0 spiro atoms. The molecule has 152 valence electrons. The summed E-state index contributed by atoms with van der Waals surface area (Å²) in [4.78, 5) is 15.1. The van der Waals surface area contributed by atoms with E-state index in [2.05, 4.69) is 0 Å². The number of halogens is 3. The maximum Gasteiger partial charge on any atom is 0.450 e. The molecule has 0 unspecified atom stereocenters. The quantitative estimate of drug-likeness (QED) is 0.596. The molecule has 2 aromatic carbocycles.